The molecular weight excluding hydrogens is 332 g/mol. The lowest BCUT2D eigenvalue weighted by molar-refractivity contribution is 0.0963. The Morgan fingerprint density at radius 2 is 2.00 bits per heavy atom. The molecule has 1 aromatic carbocycles. The van der Waals surface area contributed by atoms with Crippen molar-refractivity contribution >= 4 is 50.3 Å². The number of carbonyl (C=O) groups is 2. The highest BCUT2D eigenvalue weighted by molar-refractivity contribution is 7.21. The van der Waals surface area contributed by atoms with Gasteiger partial charge in [-0.1, -0.05) is 0 Å². The van der Waals surface area contributed by atoms with Crippen LogP contribution in [0.3, 0.4) is 0 Å². The number of carbonyl (C=O) groups excluding carboxylic acids is 2. The number of fused-ring (bicyclic) bond motifs is 1. The molecule has 2 amide bonds. The van der Waals surface area contributed by atoms with E-state index in [4.69, 9.17) is 4.74 Å². The zero-order valence-electron chi connectivity index (χ0n) is 12.5. The average molecular weight is 346 g/mol. The number of anilines is 1. The Morgan fingerprint density at radius 1 is 1.17 bits per heavy atom. The Morgan fingerprint density at radius 3 is 2.65 bits per heavy atom. The molecule has 0 saturated heterocycles. The second kappa shape index (κ2) is 6.39. The van der Waals surface area contributed by atoms with Crippen molar-refractivity contribution in [3.63, 3.8) is 0 Å². The van der Waals surface area contributed by atoms with Crippen LogP contribution in [-0.2, 0) is 0 Å². The Labute approximate surface area is 140 Å². The van der Waals surface area contributed by atoms with E-state index in [1.807, 2.05) is 23.6 Å². The average Bonchev–Trinajstić information content (AvgIpc) is 3.21. The molecule has 23 heavy (non-hydrogen) atoms. The van der Waals surface area contributed by atoms with Crippen molar-refractivity contribution in [2.45, 2.75) is 0 Å². The molecule has 3 aromatic rings. The van der Waals surface area contributed by atoms with E-state index < -0.39 is 0 Å². The van der Waals surface area contributed by atoms with Gasteiger partial charge in [0.1, 0.15) is 10.6 Å². The van der Waals surface area contributed by atoms with Crippen LogP contribution in [0.4, 0.5) is 5.69 Å². The number of thiophene rings is 2. The zero-order valence-corrected chi connectivity index (χ0v) is 14.1. The molecule has 0 spiro atoms. The number of hydrogen-bond acceptors (Lipinski definition) is 5. The summed E-state index contributed by atoms with van der Waals surface area (Å²) in [5.74, 6) is 0.175. The fraction of sp³-hybridized carbons (Fsp3) is 0.125. The SMILES string of the molecule is CNC(=O)c1sc2ccc(NC(=O)c3ccsc3)cc2c1OC. The van der Waals surface area contributed by atoms with Crippen LogP contribution in [0.2, 0.25) is 0 Å². The van der Waals surface area contributed by atoms with Gasteiger partial charge in [0.2, 0.25) is 0 Å². The molecule has 2 heterocycles. The first-order chi connectivity index (χ1) is 11.1. The maximum Gasteiger partial charge on any atom is 0.264 e. The number of nitrogens with one attached hydrogen (secondary N) is 2. The van der Waals surface area contributed by atoms with Gasteiger partial charge in [0.25, 0.3) is 11.8 Å². The normalized spacial score (nSPS) is 10.5. The third kappa shape index (κ3) is 2.93. The van der Waals surface area contributed by atoms with Crippen LogP contribution in [0, 0.1) is 0 Å². The lowest BCUT2D eigenvalue weighted by Gasteiger charge is -2.05. The molecule has 0 saturated carbocycles. The highest BCUT2D eigenvalue weighted by Gasteiger charge is 2.19. The molecule has 3 rings (SSSR count). The molecule has 0 atom stereocenters. The summed E-state index contributed by atoms with van der Waals surface area (Å²) in [6.07, 6.45) is 0. The molecule has 0 bridgehead atoms. The summed E-state index contributed by atoms with van der Waals surface area (Å²) in [5, 5.41) is 9.92. The van der Waals surface area contributed by atoms with Crippen LogP contribution in [-0.4, -0.2) is 26.0 Å². The molecule has 0 unspecified atom stereocenters. The Hall–Kier alpha value is -2.38. The maximum absolute atomic E-state index is 12.1. The first-order valence-electron chi connectivity index (χ1n) is 6.80. The van der Waals surface area contributed by atoms with E-state index in [-0.39, 0.29) is 11.8 Å². The molecule has 7 heteroatoms. The molecule has 0 aliphatic heterocycles. The summed E-state index contributed by atoms with van der Waals surface area (Å²) in [6.45, 7) is 0. The van der Waals surface area contributed by atoms with Crippen LogP contribution in [0.5, 0.6) is 5.75 Å². The molecule has 0 radical (unpaired) electrons. The monoisotopic (exact) mass is 346 g/mol. The molecule has 0 aliphatic rings. The van der Waals surface area contributed by atoms with Crippen molar-refractivity contribution in [2.24, 2.45) is 0 Å². The predicted molar refractivity (Wildman–Crippen MR) is 94.0 cm³/mol. The van der Waals surface area contributed by atoms with Gasteiger partial charge in [-0.3, -0.25) is 9.59 Å². The lowest BCUT2D eigenvalue weighted by atomic mass is 10.2. The van der Waals surface area contributed by atoms with Crippen molar-refractivity contribution in [2.75, 3.05) is 19.5 Å². The summed E-state index contributed by atoms with van der Waals surface area (Å²) in [5.41, 5.74) is 1.28. The molecule has 118 valence electrons. The number of hydrogen-bond donors (Lipinski definition) is 2. The number of amides is 2. The van der Waals surface area contributed by atoms with Crippen LogP contribution in [0.25, 0.3) is 10.1 Å². The van der Waals surface area contributed by atoms with Gasteiger partial charge in [0.15, 0.2) is 0 Å². The Bertz CT molecular complexity index is 869. The van der Waals surface area contributed by atoms with Crippen molar-refractivity contribution in [3.05, 3.63) is 45.5 Å². The third-order valence-electron chi connectivity index (χ3n) is 3.32. The van der Waals surface area contributed by atoms with Gasteiger partial charge in [0.05, 0.1) is 12.7 Å². The Kier molecular flexibility index (Phi) is 4.31. The van der Waals surface area contributed by atoms with Gasteiger partial charge in [-0.15, -0.1) is 11.3 Å². The summed E-state index contributed by atoms with van der Waals surface area (Å²) < 4.78 is 6.32. The topological polar surface area (TPSA) is 67.4 Å². The minimum Gasteiger partial charge on any atom is -0.494 e. The van der Waals surface area contributed by atoms with Gasteiger partial charge in [-0.25, -0.2) is 0 Å². The van der Waals surface area contributed by atoms with Crippen LogP contribution in [0.15, 0.2) is 35.0 Å². The lowest BCUT2D eigenvalue weighted by Crippen LogP contribution is -2.16. The summed E-state index contributed by atoms with van der Waals surface area (Å²) in [6, 6.07) is 7.28. The number of ether oxygens (including phenoxy) is 1. The molecular formula is C16H14N2O3S2. The first-order valence-corrected chi connectivity index (χ1v) is 8.56. The third-order valence-corrected chi connectivity index (χ3v) is 5.16. The van der Waals surface area contributed by atoms with Gasteiger partial charge < -0.3 is 15.4 Å². The number of methoxy groups -OCH3 is 1. The van der Waals surface area contributed by atoms with Crippen LogP contribution in [0.1, 0.15) is 20.0 Å². The highest BCUT2D eigenvalue weighted by Crippen LogP contribution is 2.39. The highest BCUT2D eigenvalue weighted by atomic mass is 32.1. The van der Waals surface area contributed by atoms with Gasteiger partial charge in [-0.05, 0) is 29.6 Å². The fourth-order valence-corrected chi connectivity index (χ4v) is 3.95. The first kappa shape index (κ1) is 15.5. The van der Waals surface area contributed by atoms with Gasteiger partial charge in [0, 0.05) is 28.2 Å². The van der Waals surface area contributed by atoms with E-state index in [1.165, 1.54) is 29.8 Å². The molecule has 5 nitrogen and oxygen atoms in total. The van der Waals surface area contributed by atoms with Crippen molar-refractivity contribution in [1.29, 1.82) is 0 Å². The standard InChI is InChI=1S/C16H14N2O3S2/c1-17-16(20)14-13(21-2)11-7-10(3-4-12(11)23-14)18-15(19)9-5-6-22-8-9/h3-8H,1-2H3,(H,17,20)(H,18,19). The maximum atomic E-state index is 12.1. The van der Waals surface area contributed by atoms with Crippen LogP contribution >= 0.6 is 22.7 Å². The largest absolute Gasteiger partial charge is 0.494 e. The van der Waals surface area contributed by atoms with E-state index >= 15 is 0 Å². The predicted octanol–water partition coefficient (Wildman–Crippen LogP) is 3.58. The van der Waals surface area contributed by atoms with E-state index in [0.29, 0.717) is 21.9 Å². The van der Waals surface area contributed by atoms with Crippen molar-refractivity contribution in [1.82, 2.24) is 5.32 Å². The minimum atomic E-state index is -0.188. The smallest absolute Gasteiger partial charge is 0.264 e. The minimum absolute atomic E-state index is 0.161. The zero-order chi connectivity index (χ0) is 16.4. The molecule has 0 aliphatic carbocycles. The van der Waals surface area contributed by atoms with E-state index in [0.717, 1.165) is 10.1 Å². The summed E-state index contributed by atoms with van der Waals surface area (Å²) >= 11 is 2.83. The van der Waals surface area contributed by atoms with Crippen molar-refractivity contribution in [3.8, 4) is 5.75 Å². The van der Waals surface area contributed by atoms with E-state index in [1.54, 1.807) is 18.5 Å². The number of benzene rings is 1. The summed E-state index contributed by atoms with van der Waals surface area (Å²) in [4.78, 5) is 24.6. The van der Waals surface area contributed by atoms with Crippen molar-refractivity contribution < 1.29 is 14.3 Å². The van der Waals surface area contributed by atoms with Gasteiger partial charge >= 0.3 is 0 Å². The summed E-state index contributed by atoms with van der Waals surface area (Å²) in [7, 11) is 3.11. The Balaban J connectivity index is 1.98. The quantitative estimate of drug-likeness (QED) is 0.759. The van der Waals surface area contributed by atoms with E-state index in [2.05, 4.69) is 10.6 Å². The number of rotatable bonds is 4. The molecule has 0 fully saturated rings. The van der Waals surface area contributed by atoms with E-state index in [9.17, 15) is 9.59 Å². The van der Waals surface area contributed by atoms with Gasteiger partial charge in [-0.2, -0.15) is 11.3 Å². The fourth-order valence-electron chi connectivity index (χ4n) is 2.22. The second-order valence-corrected chi connectivity index (χ2v) is 6.55. The second-order valence-electron chi connectivity index (χ2n) is 4.72. The molecule has 2 N–H and O–H groups in total. The molecule has 2 aromatic heterocycles. The van der Waals surface area contributed by atoms with Crippen LogP contribution < -0.4 is 15.4 Å².